The number of hydrogen-bond donors (Lipinski definition) is 3. The highest BCUT2D eigenvalue weighted by atomic mass is 16.6. The maximum Gasteiger partial charge on any atom is 0.348 e. The van der Waals surface area contributed by atoms with Crippen molar-refractivity contribution in [2.75, 3.05) is 18.5 Å². The number of imidazole rings is 1. The molecule has 10 heteroatoms. The van der Waals surface area contributed by atoms with Gasteiger partial charge in [-0.2, -0.15) is 0 Å². The number of fused-ring (bicyclic) bond motifs is 1. The topological polar surface area (TPSA) is 147 Å². The SMILES string of the molecule is O=[N+]([O-])c1cc2nc(NCCO)[nH]c2cc1[N+](=O)[O-]. The highest BCUT2D eigenvalue weighted by Gasteiger charge is 2.26. The molecule has 2 rings (SSSR count). The predicted molar refractivity (Wildman–Crippen MR) is 65.0 cm³/mol. The Morgan fingerprint density at radius 3 is 2.47 bits per heavy atom. The van der Waals surface area contributed by atoms with E-state index in [-0.39, 0.29) is 24.6 Å². The first-order valence-corrected chi connectivity index (χ1v) is 5.20. The van der Waals surface area contributed by atoms with Gasteiger partial charge in [-0.05, 0) is 0 Å². The Bertz CT molecular complexity index is 601. The van der Waals surface area contributed by atoms with Crippen LogP contribution < -0.4 is 5.32 Å². The zero-order valence-electron chi connectivity index (χ0n) is 9.49. The molecule has 0 aliphatic rings. The Balaban J connectivity index is 2.53. The minimum absolute atomic E-state index is 0.114. The fraction of sp³-hybridized carbons (Fsp3) is 0.222. The maximum atomic E-state index is 10.8. The summed E-state index contributed by atoms with van der Waals surface area (Å²) in [4.78, 5) is 26.6. The number of anilines is 1. The van der Waals surface area contributed by atoms with Crippen molar-refractivity contribution in [2.45, 2.75) is 0 Å². The highest BCUT2D eigenvalue weighted by Crippen LogP contribution is 2.31. The van der Waals surface area contributed by atoms with Crippen LogP contribution in [0, 0.1) is 20.2 Å². The highest BCUT2D eigenvalue weighted by molar-refractivity contribution is 5.84. The molecule has 0 aliphatic carbocycles. The largest absolute Gasteiger partial charge is 0.395 e. The van der Waals surface area contributed by atoms with E-state index >= 15 is 0 Å². The van der Waals surface area contributed by atoms with Crippen molar-refractivity contribution in [1.29, 1.82) is 0 Å². The van der Waals surface area contributed by atoms with E-state index in [1.54, 1.807) is 0 Å². The molecule has 0 saturated carbocycles. The van der Waals surface area contributed by atoms with Crippen molar-refractivity contribution < 1.29 is 15.0 Å². The lowest BCUT2D eigenvalue weighted by Crippen LogP contribution is -2.06. The zero-order chi connectivity index (χ0) is 14.0. The Kier molecular flexibility index (Phi) is 3.25. The molecule has 19 heavy (non-hydrogen) atoms. The summed E-state index contributed by atoms with van der Waals surface area (Å²) in [6.45, 7) is 0.126. The van der Waals surface area contributed by atoms with E-state index in [9.17, 15) is 20.2 Å². The van der Waals surface area contributed by atoms with E-state index in [1.165, 1.54) is 0 Å². The van der Waals surface area contributed by atoms with Crippen LogP contribution in [0.1, 0.15) is 0 Å². The molecular weight excluding hydrogens is 258 g/mol. The van der Waals surface area contributed by atoms with Crippen LogP contribution in [0.25, 0.3) is 11.0 Å². The lowest BCUT2D eigenvalue weighted by atomic mass is 10.2. The minimum atomic E-state index is -0.826. The van der Waals surface area contributed by atoms with Gasteiger partial charge in [0.25, 0.3) is 0 Å². The summed E-state index contributed by atoms with van der Waals surface area (Å²) in [5.74, 6) is 0.277. The summed E-state index contributed by atoms with van der Waals surface area (Å²) in [5, 5.41) is 32.9. The molecule has 0 atom stereocenters. The standard InChI is InChI=1S/C9H9N5O5/c15-2-1-10-9-11-5-3-7(13(16)17)8(14(18)19)4-6(5)12-9/h3-4,15H,1-2H2,(H2,10,11,12). The van der Waals surface area contributed by atoms with Crippen molar-refractivity contribution in [1.82, 2.24) is 9.97 Å². The van der Waals surface area contributed by atoms with Gasteiger partial charge in [-0.3, -0.25) is 20.2 Å². The number of rotatable bonds is 5. The van der Waals surface area contributed by atoms with E-state index in [2.05, 4.69) is 15.3 Å². The molecule has 1 aromatic carbocycles. The Labute approximate surface area is 105 Å². The molecule has 1 heterocycles. The Morgan fingerprint density at radius 1 is 1.26 bits per heavy atom. The van der Waals surface area contributed by atoms with Crippen LogP contribution >= 0.6 is 0 Å². The molecule has 0 unspecified atom stereocenters. The molecule has 0 fully saturated rings. The van der Waals surface area contributed by atoms with Crippen LogP contribution in [0.4, 0.5) is 17.3 Å². The summed E-state index contributed by atoms with van der Waals surface area (Å²) >= 11 is 0. The van der Waals surface area contributed by atoms with E-state index < -0.39 is 21.2 Å². The number of benzene rings is 1. The third-order valence-corrected chi connectivity index (χ3v) is 2.38. The summed E-state index contributed by atoms with van der Waals surface area (Å²) in [5.41, 5.74) is -0.678. The van der Waals surface area contributed by atoms with E-state index in [0.717, 1.165) is 12.1 Å². The first kappa shape index (κ1) is 12.7. The Morgan fingerprint density at radius 2 is 1.89 bits per heavy atom. The zero-order valence-corrected chi connectivity index (χ0v) is 9.49. The number of aromatic amines is 1. The number of H-pyrrole nitrogens is 1. The second-order valence-electron chi connectivity index (χ2n) is 3.61. The first-order chi connectivity index (χ1) is 9.02. The predicted octanol–water partition coefficient (Wildman–Crippen LogP) is 0.783. The number of nitrogens with one attached hydrogen (secondary N) is 2. The van der Waals surface area contributed by atoms with E-state index in [1.807, 2.05) is 0 Å². The van der Waals surface area contributed by atoms with Crippen LogP contribution in [0.2, 0.25) is 0 Å². The Hall–Kier alpha value is -2.75. The fourth-order valence-corrected chi connectivity index (χ4v) is 1.58. The fourth-order valence-electron chi connectivity index (χ4n) is 1.58. The number of nitrogens with zero attached hydrogens (tertiary/aromatic N) is 3. The average Bonchev–Trinajstić information content (AvgIpc) is 2.76. The molecule has 0 saturated heterocycles. The lowest BCUT2D eigenvalue weighted by Gasteiger charge is -1.96. The lowest BCUT2D eigenvalue weighted by molar-refractivity contribution is -0.422. The number of aliphatic hydroxyl groups excluding tert-OH is 1. The van der Waals surface area contributed by atoms with Crippen molar-refractivity contribution in [3.05, 3.63) is 32.4 Å². The third kappa shape index (κ3) is 2.42. The van der Waals surface area contributed by atoms with Gasteiger partial charge >= 0.3 is 11.4 Å². The van der Waals surface area contributed by atoms with Gasteiger partial charge in [0.15, 0.2) is 0 Å². The quantitative estimate of drug-likeness (QED) is 0.535. The van der Waals surface area contributed by atoms with Crippen molar-refractivity contribution in [3.8, 4) is 0 Å². The molecule has 2 aromatic rings. The summed E-state index contributed by atoms with van der Waals surface area (Å²) < 4.78 is 0. The molecule has 0 bridgehead atoms. The van der Waals surface area contributed by atoms with Gasteiger partial charge in [-0.25, -0.2) is 4.98 Å². The van der Waals surface area contributed by atoms with Crippen LogP contribution in [0.5, 0.6) is 0 Å². The van der Waals surface area contributed by atoms with Crippen molar-refractivity contribution >= 4 is 28.4 Å². The second kappa shape index (κ2) is 4.86. The van der Waals surface area contributed by atoms with Crippen LogP contribution in [0.3, 0.4) is 0 Å². The van der Waals surface area contributed by atoms with Gasteiger partial charge < -0.3 is 15.4 Å². The van der Waals surface area contributed by atoms with E-state index in [0.29, 0.717) is 5.52 Å². The molecule has 1 aromatic heterocycles. The van der Waals surface area contributed by atoms with Crippen LogP contribution in [-0.4, -0.2) is 38.1 Å². The van der Waals surface area contributed by atoms with Crippen LogP contribution in [-0.2, 0) is 0 Å². The molecule has 0 radical (unpaired) electrons. The molecule has 10 nitrogen and oxygen atoms in total. The van der Waals surface area contributed by atoms with Gasteiger partial charge in [0.1, 0.15) is 0 Å². The molecule has 100 valence electrons. The number of hydrogen-bond acceptors (Lipinski definition) is 7. The molecular formula is C9H9N5O5. The number of nitro benzene ring substituents is 2. The van der Waals surface area contributed by atoms with Gasteiger partial charge in [-0.15, -0.1) is 0 Å². The second-order valence-corrected chi connectivity index (χ2v) is 3.61. The molecule has 0 spiro atoms. The summed E-state index contributed by atoms with van der Waals surface area (Å²) in [7, 11) is 0. The minimum Gasteiger partial charge on any atom is -0.395 e. The molecule has 0 aliphatic heterocycles. The van der Waals surface area contributed by atoms with Gasteiger partial charge in [-0.1, -0.05) is 0 Å². The molecule has 3 N–H and O–H groups in total. The van der Waals surface area contributed by atoms with Crippen LogP contribution in [0.15, 0.2) is 12.1 Å². The maximum absolute atomic E-state index is 10.8. The van der Waals surface area contributed by atoms with Gasteiger partial charge in [0.2, 0.25) is 5.95 Å². The van der Waals surface area contributed by atoms with Crippen molar-refractivity contribution in [3.63, 3.8) is 0 Å². The number of aromatic nitrogens is 2. The summed E-state index contributed by atoms with van der Waals surface area (Å²) in [6, 6.07) is 2.10. The number of nitro groups is 2. The summed E-state index contributed by atoms with van der Waals surface area (Å²) in [6.07, 6.45) is 0. The normalized spacial score (nSPS) is 10.6. The van der Waals surface area contributed by atoms with Gasteiger partial charge in [0.05, 0.1) is 33.6 Å². The van der Waals surface area contributed by atoms with Crippen molar-refractivity contribution in [2.24, 2.45) is 0 Å². The third-order valence-electron chi connectivity index (χ3n) is 2.38. The monoisotopic (exact) mass is 267 g/mol. The number of aliphatic hydroxyl groups is 1. The smallest absolute Gasteiger partial charge is 0.348 e. The average molecular weight is 267 g/mol. The van der Waals surface area contributed by atoms with Gasteiger partial charge in [0, 0.05) is 12.6 Å². The van der Waals surface area contributed by atoms with E-state index in [4.69, 9.17) is 5.11 Å². The first-order valence-electron chi connectivity index (χ1n) is 5.20. The molecule has 0 amide bonds.